The predicted octanol–water partition coefficient (Wildman–Crippen LogP) is 3.76. The number of nitrogens with zero attached hydrogens (tertiary/aromatic N) is 1. The van der Waals surface area contributed by atoms with Crippen LogP contribution in [0.4, 0.5) is 0 Å². The fourth-order valence-electron chi connectivity index (χ4n) is 1.53. The van der Waals surface area contributed by atoms with Crippen molar-refractivity contribution in [3.05, 3.63) is 28.8 Å². The molecule has 0 aliphatic heterocycles. The lowest BCUT2D eigenvalue weighted by Gasteiger charge is -2.14. The van der Waals surface area contributed by atoms with E-state index in [0.717, 1.165) is 17.7 Å². The summed E-state index contributed by atoms with van der Waals surface area (Å²) in [5.41, 5.74) is 1.07. The normalized spacial score (nSPS) is 11.9. The minimum absolute atomic E-state index is 0.290. The van der Waals surface area contributed by atoms with Gasteiger partial charge in [-0.15, -0.1) is 0 Å². The van der Waals surface area contributed by atoms with Gasteiger partial charge in [0.15, 0.2) is 0 Å². The molecule has 1 unspecified atom stereocenters. The lowest BCUT2D eigenvalue weighted by Crippen LogP contribution is -1.97. The van der Waals surface area contributed by atoms with Gasteiger partial charge in [-0.2, -0.15) is 5.26 Å². The molecule has 0 fully saturated rings. The van der Waals surface area contributed by atoms with Gasteiger partial charge in [0.25, 0.3) is 0 Å². The number of benzene rings is 1. The van der Waals surface area contributed by atoms with Gasteiger partial charge in [-0.1, -0.05) is 18.5 Å². The van der Waals surface area contributed by atoms with Gasteiger partial charge in [-0.25, -0.2) is 0 Å². The molecule has 3 heteroatoms. The third-order valence-electron chi connectivity index (χ3n) is 2.41. The van der Waals surface area contributed by atoms with Crippen molar-refractivity contribution in [3.63, 3.8) is 0 Å². The quantitative estimate of drug-likeness (QED) is 0.779. The molecule has 1 aromatic rings. The molecule has 15 heavy (non-hydrogen) atoms. The minimum atomic E-state index is 0.290. The third-order valence-corrected chi connectivity index (χ3v) is 2.65. The summed E-state index contributed by atoms with van der Waals surface area (Å²) in [5, 5.41) is 9.24. The molecular formula is C12H14ClNO. The Morgan fingerprint density at radius 2 is 2.27 bits per heavy atom. The van der Waals surface area contributed by atoms with Crippen molar-refractivity contribution in [2.75, 3.05) is 7.11 Å². The minimum Gasteiger partial charge on any atom is -0.496 e. The average molecular weight is 224 g/mol. The standard InChI is InChI=1S/C12H14ClNO/c1-9(4-3-7-14)11-8-10(13)5-6-12(11)15-2/h5-6,8-9H,3-4H2,1-2H3. The van der Waals surface area contributed by atoms with Crippen LogP contribution in [0.15, 0.2) is 18.2 Å². The number of halogens is 1. The first-order valence-corrected chi connectivity index (χ1v) is 5.27. The summed E-state index contributed by atoms with van der Waals surface area (Å²) in [6.45, 7) is 2.07. The molecule has 0 aromatic heterocycles. The summed E-state index contributed by atoms with van der Waals surface area (Å²) in [7, 11) is 1.64. The van der Waals surface area contributed by atoms with Crippen molar-refractivity contribution in [1.82, 2.24) is 0 Å². The van der Waals surface area contributed by atoms with E-state index in [-0.39, 0.29) is 0 Å². The molecule has 0 N–H and O–H groups in total. The lowest BCUT2D eigenvalue weighted by molar-refractivity contribution is 0.405. The zero-order chi connectivity index (χ0) is 11.3. The van der Waals surface area contributed by atoms with E-state index in [1.165, 1.54) is 0 Å². The van der Waals surface area contributed by atoms with Crippen LogP contribution in [0.1, 0.15) is 31.2 Å². The monoisotopic (exact) mass is 223 g/mol. The maximum atomic E-state index is 8.54. The highest BCUT2D eigenvalue weighted by Gasteiger charge is 2.11. The molecule has 1 atom stereocenters. The number of hydrogen-bond donors (Lipinski definition) is 0. The first-order chi connectivity index (χ1) is 7.19. The van der Waals surface area contributed by atoms with Gasteiger partial charge in [0, 0.05) is 11.4 Å². The van der Waals surface area contributed by atoms with E-state index in [2.05, 4.69) is 13.0 Å². The molecule has 80 valence electrons. The SMILES string of the molecule is COc1ccc(Cl)cc1C(C)CCC#N. The molecule has 0 bridgehead atoms. The number of methoxy groups -OCH3 is 1. The second-order valence-corrected chi connectivity index (χ2v) is 3.92. The van der Waals surface area contributed by atoms with Gasteiger partial charge in [0.05, 0.1) is 13.2 Å². The highest BCUT2D eigenvalue weighted by atomic mass is 35.5. The summed E-state index contributed by atoms with van der Waals surface area (Å²) in [4.78, 5) is 0. The van der Waals surface area contributed by atoms with Crippen LogP contribution in [0.5, 0.6) is 5.75 Å². The Bertz CT molecular complexity index is 370. The molecule has 0 spiro atoms. The van der Waals surface area contributed by atoms with Gasteiger partial charge >= 0.3 is 0 Å². The fraction of sp³-hybridized carbons (Fsp3) is 0.417. The van der Waals surface area contributed by atoms with Crippen LogP contribution in [0, 0.1) is 11.3 Å². The van der Waals surface area contributed by atoms with Crippen molar-refractivity contribution >= 4 is 11.6 Å². The van der Waals surface area contributed by atoms with Crippen molar-refractivity contribution in [2.45, 2.75) is 25.7 Å². The van der Waals surface area contributed by atoms with Crippen molar-refractivity contribution in [3.8, 4) is 11.8 Å². The predicted molar refractivity (Wildman–Crippen MR) is 61.3 cm³/mol. The highest BCUT2D eigenvalue weighted by molar-refractivity contribution is 6.30. The molecule has 0 heterocycles. The maximum absolute atomic E-state index is 8.54. The Balaban J connectivity index is 2.90. The van der Waals surface area contributed by atoms with E-state index in [0.29, 0.717) is 17.4 Å². The number of hydrogen-bond acceptors (Lipinski definition) is 2. The van der Waals surface area contributed by atoms with Crippen molar-refractivity contribution < 1.29 is 4.74 Å². The van der Waals surface area contributed by atoms with Crippen LogP contribution in [-0.4, -0.2) is 7.11 Å². The van der Waals surface area contributed by atoms with E-state index in [4.69, 9.17) is 21.6 Å². The van der Waals surface area contributed by atoms with Crippen LogP contribution in [0.25, 0.3) is 0 Å². The second-order valence-electron chi connectivity index (χ2n) is 3.48. The molecule has 0 amide bonds. The van der Waals surface area contributed by atoms with Gasteiger partial charge in [0.2, 0.25) is 0 Å². The van der Waals surface area contributed by atoms with E-state index >= 15 is 0 Å². The summed E-state index contributed by atoms with van der Waals surface area (Å²) in [6, 6.07) is 7.72. The second kappa shape index (κ2) is 5.63. The third kappa shape index (κ3) is 3.14. The summed E-state index contributed by atoms with van der Waals surface area (Å²) >= 11 is 5.93. The summed E-state index contributed by atoms with van der Waals surface area (Å²) in [6.07, 6.45) is 1.38. The topological polar surface area (TPSA) is 33.0 Å². The summed E-state index contributed by atoms with van der Waals surface area (Å²) in [5.74, 6) is 1.13. The molecule has 2 nitrogen and oxygen atoms in total. The highest BCUT2D eigenvalue weighted by Crippen LogP contribution is 2.31. The molecule has 0 saturated carbocycles. The van der Waals surface area contributed by atoms with Crippen LogP contribution in [0.2, 0.25) is 5.02 Å². The van der Waals surface area contributed by atoms with Gasteiger partial charge in [-0.3, -0.25) is 0 Å². The molecule has 0 radical (unpaired) electrons. The Morgan fingerprint density at radius 1 is 1.53 bits per heavy atom. The lowest BCUT2D eigenvalue weighted by atomic mass is 9.95. The van der Waals surface area contributed by atoms with Crippen molar-refractivity contribution in [2.24, 2.45) is 0 Å². The maximum Gasteiger partial charge on any atom is 0.122 e. The summed E-state index contributed by atoms with van der Waals surface area (Å²) < 4.78 is 5.26. The fourth-order valence-corrected chi connectivity index (χ4v) is 1.71. The number of ether oxygens (including phenoxy) is 1. The van der Waals surface area contributed by atoms with Crippen LogP contribution >= 0.6 is 11.6 Å². The van der Waals surface area contributed by atoms with E-state index in [1.54, 1.807) is 13.2 Å². The molecule has 0 aliphatic carbocycles. The van der Waals surface area contributed by atoms with E-state index in [1.807, 2.05) is 12.1 Å². The van der Waals surface area contributed by atoms with Crippen molar-refractivity contribution in [1.29, 1.82) is 5.26 Å². The Morgan fingerprint density at radius 3 is 2.87 bits per heavy atom. The van der Waals surface area contributed by atoms with Crippen LogP contribution in [0.3, 0.4) is 0 Å². The van der Waals surface area contributed by atoms with Gasteiger partial charge in [-0.05, 0) is 36.1 Å². The Hall–Kier alpha value is -1.20. The average Bonchev–Trinajstić information content (AvgIpc) is 2.25. The zero-order valence-corrected chi connectivity index (χ0v) is 9.71. The first-order valence-electron chi connectivity index (χ1n) is 4.89. The number of nitriles is 1. The molecule has 0 saturated heterocycles. The van der Waals surface area contributed by atoms with Gasteiger partial charge < -0.3 is 4.74 Å². The van der Waals surface area contributed by atoms with E-state index < -0.39 is 0 Å². The molecule has 0 aliphatic rings. The first kappa shape index (κ1) is 11.9. The van der Waals surface area contributed by atoms with Crippen LogP contribution < -0.4 is 4.74 Å². The Kier molecular flexibility index (Phi) is 4.45. The van der Waals surface area contributed by atoms with Gasteiger partial charge in [0.1, 0.15) is 5.75 Å². The Labute approximate surface area is 95.4 Å². The molecular weight excluding hydrogens is 210 g/mol. The van der Waals surface area contributed by atoms with Crippen LogP contribution in [-0.2, 0) is 0 Å². The zero-order valence-electron chi connectivity index (χ0n) is 8.96. The molecule has 1 aromatic carbocycles. The van der Waals surface area contributed by atoms with E-state index in [9.17, 15) is 0 Å². The largest absolute Gasteiger partial charge is 0.496 e. The molecule has 1 rings (SSSR count). The number of rotatable bonds is 4. The smallest absolute Gasteiger partial charge is 0.122 e.